The Bertz CT molecular complexity index is 1260. The second-order valence-electron chi connectivity index (χ2n) is 9.29. The van der Waals surface area contributed by atoms with Gasteiger partial charge in [0.25, 0.3) is 11.5 Å². The molecule has 1 amide bonds. The Morgan fingerprint density at radius 2 is 1.84 bits per heavy atom. The van der Waals surface area contributed by atoms with E-state index in [1.165, 1.54) is 23.1 Å². The zero-order chi connectivity index (χ0) is 28.0. The number of aliphatic hydroxyl groups excluding tert-OH is 1. The molecule has 2 N–H and O–H groups in total. The Labute approximate surface area is 229 Å². The van der Waals surface area contributed by atoms with Gasteiger partial charge < -0.3 is 15.3 Å². The maximum Gasteiger partial charge on any atom is 0.435 e. The molecule has 38 heavy (non-hydrogen) atoms. The lowest BCUT2D eigenvalue weighted by Gasteiger charge is -2.45. The van der Waals surface area contributed by atoms with Gasteiger partial charge in [0, 0.05) is 30.6 Å². The molecule has 206 valence electrons. The number of aryl methyl sites for hydroxylation is 1. The number of carbonyl (C=O) groups excluding carboxylic acids is 1. The minimum absolute atomic E-state index is 0.0182. The van der Waals surface area contributed by atoms with Crippen LogP contribution in [0.2, 0.25) is 15.1 Å². The van der Waals surface area contributed by atoms with Crippen LogP contribution in [0, 0.1) is 6.92 Å². The van der Waals surface area contributed by atoms with Crippen LogP contribution in [0.25, 0.3) is 0 Å². The molecule has 0 aliphatic carbocycles. The number of hydrogen-bond acceptors (Lipinski definition) is 5. The van der Waals surface area contributed by atoms with Crippen molar-refractivity contribution in [1.82, 2.24) is 10.2 Å². The van der Waals surface area contributed by atoms with Crippen LogP contribution in [0.3, 0.4) is 0 Å². The summed E-state index contributed by atoms with van der Waals surface area (Å²) < 4.78 is 69.1. The molecule has 0 aromatic heterocycles. The van der Waals surface area contributed by atoms with Crippen LogP contribution in [0.1, 0.15) is 33.5 Å². The number of alkyl halides is 5. The molecular weight excluding hydrogens is 580 g/mol. The van der Waals surface area contributed by atoms with Gasteiger partial charge in [-0.15, -0.1) is 0 Å². The topological polar surface area (TPSA) is 74.2 Å². The highest BCUT2D eigenvalue weighted by Gasteiger charge is 2.62. The lowest BCUT2D eigenvalue weighted by atomic mass is 9.86. The Morgan fingerprint density at radius 1 is 1.21 bits per heavy atom. The fraction of sp³-hybridized carbons (Fsp3) is 0.417. The zero-order valence-electron chi connectivity index (χ0n) is 19.7. The summed E-state index contributed by atoms with van der Waals surface area (Å²) in [5.41, 5.74) is -4.31. The van der Waals surface area contributed by atoms with Crippen molar-refractivity contribution < 1.29 is 36.7 Å². The van der Waals surface area contributed by atoms with Crippen LogP contribution >= 0.6 is 34.8 Å². The number of oxime groups is 1. The number of halogens is 8. The van der Waals surface area contributed by atoms with Gasteiger partial charge >= 0.3 is 6.18 Å². The van der Waals surface area contributed by atoms with Crippen molar-refractivity contribution in [2.24, 2.45) is 5.16 Å². The number of carbonyl (C=O) groups is 1. The standard InChI is InChI=1S/C24H21Cl3F5N3O3/c1-12-4-13(2-3-15(12)21(37)33-8-19(36)35-10-22(29,9-28)11-35)18-7-23(38-34-18,24(30,31)32)14-5-16(25)20(27)17(26)6-14/h2-6,19,36H,7-11H2,1H3,(H,33,37). The van der Waals surface area contributed by atoms with Gasteiger partial charge in [-0.05, 0) is 42.3 Å². The van der Waals surface area contributed by atoms with Crippen molar-refractivity contribution in [2.75, 3.05) is 26.3 Å². The number of nitrogens with zero attached hydrogens (tertiary/aromatic N) is 2. The summed E-state index contributed by atoms with van der Waals surface area (Å²) >= 11 is 17.8. The summed E-state index contributed by atoms with van der Waals surface area (Å²) in [5, 5.41) is 15.8. The normalized spacial score (nSPS) is 21.9. The van der Waals surface area contributed by atoms with Crippen molar-refractivity contribution in [3.05, 3.63) is 67.7 Å². The largest absolute Gasteiger partial charge is 0.435 e. The van der Waals surface area contributed by atoms with Crippen LogP contribution in [0.4, 0.5) is 22.0 Å². The van der Waals surface area contributed by atoms with E-state index in [1.54, 1.807) is 6.92 Å². The maximum absolute atomic E-state index is 14.3. The van der Waals surface area contributed by atoms with E-state index in [1.807, 2.05) is 0 Å². The van der Waals surface area contributed by atoms with Crippen LogP contribution in [-0.4, -0.2) is 66.0 Å². The lowest BCUT2D eigenvalue weighted by Crippen LogP contribution is -2.65. The van der Waals surface area contributed by atoms with E-state index >= 15 is 0 Å². The molecule has 2 atom stereocenters. The SMILES string of the molecule is Cc1cc(C2=NOC(c3cc(Cl)c(Cl)c(Cl)c3)(C(F)(F)F)C2)ccc1C(=O)NCC(O)N1CC(F)(CF)C1. The molecule has 14 heteroatoms. The van der Waals surface area contributed by atoms with Crippen molar-refractivity contribution in [3.8, 4) is 0 Å². The first-order valence-corrected chi connectivity index (χ1v) is 12.4. The number of amides is 1. The summed E-state index contributed by atoms with van der Waals surface area (Å²) in [6.07, 6.45) is -6.78. The Balaban J connectivity index is 1.47. The van der Waals surface area contributed by atoms with Gasteiger partial charge in [-0.1, -0.05) is 46.0 Å². The Morgan fingerprint density at radius 3 is 2.39 bits per heavy atom. The maximum atomic E-state index is 14.3. The second-order valence-corrected chi connectivity index (χ2v) is 10.5. The molecule has 0 saturated carbocycles. The van der Waals surface area contributed by atoms with Gasteiger partial charge in [-0.2, -0.15) is 13.2 Å². The van der Waals surface area contributed by atoms with E-state index in [-0.39, 0.29) is 51.5 Å². The summed E-state index contributed by atoms with van der Waals surface area (Å²) in [6, 6.07) is 6.36. The summed E-state index contributed by atoms with van der Waals surface area (Å²) in [4.78, 5) is 18.9. The number of likely N-dealkylation sites (tertiary alicyclic amines) is 1. The van der Waals surface area contributed by atoms with E-state index < -0.39 is 42.7 Å². The zero-order valence-corrected chi connectivity index (χ0v) is 21.9. The molecule has 0 spiro atoms. The molecule has 0 radical (unpaired) electrons. The van der Waals surface area contributed by atoms with Crippen LogP contribution < -0.4 is 5.32 Å². The summed E-state index contributed by atoms with van der Waals surface area (Å²) in [6.45, 7) is -0.382. The minimum Gasteiger partial charge on any atom is -0.376 e. The van der Waals surface area contributed by atoms with Crippen LogP contribution in [0.5, 0.6) is 0 Å². The summed E-state index contributed by atoms with van der Waals surface area (Å²) in [7, 11) is 0. The van der Waals surface area contributed by atoms with Crippen LogP contribution in [-0.2, 0) is 10.4 Å². The Hall–Kier alpha value is -2.18. The van der Waals surface area contributed by atoms with Crippen molar-refractivity contribution in [1.29, 1.82) is 0 Å². The van der Waals surface area contributed by atoms with Crippen molar-refractivity contribution >= 4 is 46.4 Å². The van der Waals surface area contributed by atoms with Crippen LogP contribution in [0.15, 0.2) is 35.5 Å². The number of nitrogens with one attached hydrogen (secondary N) is 1. The fourth-order valence-corrected chi connectivity index (χ4v) is 4.93. The highest BCUT2D eigenvalue weighted by Crippen LogP contribution is 2.50. The van der Waals surface area contributed by atoms with Crippen molar-refractivity contribution in [3.63, 3.8) is 0 Å². The van der Waals surface area contributed by atoms with E-state index in [4.69, 9.17) is 39.6 Å². The van der Waals surface area contributed by atoms with E-state index in [9.17, 15) is 31.9 Å². The third-order valence-electron chi connectivity index (χ3n) is 6.52. The summed E-state index contributed by atoms with van der Waals surface area (Å²) in [5.74, 6) is -0.565. The predicted molar refractivity (Wildman–Crippen MR) is 132 cm³/mol. The van der Waals surface area contributed by atoms with Gasteiger partial charge in [-0.3, -0.25) is 9.69 Å². The van der Waals surface area contributed by atoms with Gasteiger partial charge in [0.1, 0.15) is 12.9 Å². The molecule has 2 aromatic rings. The molecule has 2 aromatic carbocycles. The minimum atomic E-state index is -4.89. The number of hydrogen-bond donors (Lipinski definition) is 2. The number of aliphatic hydroxyl groups is 1. The molecule has 1 fully saturated rings. The van der Waals surface area contributed by atoms with Gasteiger partial charge in [0.15, 0.2) is 5.67 Å². The van der Waals surface area contributed by atoms with Gasteiger partial charge in [-0.25, -0.2) is 8.78 Å². The molecular formula is C24H21Cl3F5N3O3. The molecule has 6 nitrogen and oxygen atoms in total. The first-order chi connectivity index (χ1) is 17.7. The second kappa shape index (κ2) is 10.4. The highest BCUT2D eigenvalue weighted by atomic mass is 35.5. The quantitative estimate of drug-likeness (QED) is 0.322. The van der Waals surface area contributed by atoms with E-state index in [0.717, 1.165) is 12.1 Å². The molecule has 2 unspecified atom stereocenters. The third kappa shape index (κ3) is 5.31. The lowest BCUT2D eigenvalue weighted by molar-refractivity contribution is -0.275. The first kappa shape index (κ1) is 28.8. The fourth-order valence-electron chi connectivity index (χ4n) is 4.33. The van der Waals surface area contributed by atoms with E-state index in [0.29, 0.717) is 11.1 Å². The number of rotatable bonds is 7. The molecule has 2 aliphatic rings. The average molecular weight is 601 g/mol. The first-order valence-electron chi connectivity index (χ1n) is 11.2. The third-order valence-corrected chi connectivity index (χ3v) is 7.72. The molecule has 4 rings (SSSR count). The van der Waals surface area contributed by atoms with E-state index in [2.05, 4.69) is 10.5 Å². The monoisotopic (exact) mass is 599 g/mol. The highest BCUT2D eigenvalue weighted by molar-refractivity contribution is 6.48. The van der Waals surface area contributed by atoms with Gasteiger partial charge in [0.05, 0.1) is 27.3 Å². The Kier molecular flexibility index (Phi) is 7.90. The molecule has 1 saturated heterocycles. The van der Waals surface area contributed by atoms with Crippen molar-refractivity contribution in [2.45, 2.75) is 37.0 Å². The smallest absolute Gasteiger partial charge is 0.376 e. The van der Waals surface area contributed by atoms with Gasteiger partial charge in [0.2, 0.25) is 0 Å². The average Bonchev–Trinajstić information content (AvgIpc) is 3.30. The predicted octanol–water partition coefficient (Wildman–Crippen LogP) is 5.58. The molecule has 2 aliphatic heterocycles. The number of benzene rings is 2. The molecule has 0 bridgehead atoms. The molecule has 2 heterocycles.